The van der Waals surface area contributed by atoms with Gasteiger partial charge in [-0.05, 0) is 36.8 Å². The lowest BCUT2D eigenvalue weighted by atomic mass is 10.2. The van der Waals surface area contributed by atoms with Crippen LogP contribution in [-0.4, -0.2) is 18.4 Å². The molecular formula is C13H11BrN2O5S. The topological polar surface area (TPSA) is 110 Å². The number of phenolic OH excluding ortho intramolecular Hbond substituents is 1. The number of benzene rings is 2. The number of non-ortho nitro benzene ring substituents is 1. The highest BCUT2D eigenvalue weighted by atomic mass is 79.9. The van der Waals surface area contributed by atoms with Gasteiger partial charge in [-0.1, -0.05) is 15.9 Å². The number of aryl methyl sites for hydroxylation is 1. The predicted octanol–water partition coefficient (Wildman–Crippen LogP) is 3.17. The number of nitro groups is 1. The van der Waals surface area contributed by atoms with Crippen molar-refractivity contribution in [2.24, 2.45) is 0 Å². The first-order chi connectivity index (χ1) is 10.2. The van der Waals surface area contributed by atoms with E-state index in [1.54, 1.807) is 13.0 Å². The fourth-order valence-corrected chi connectivity index (χ4v) is 3.10. The first-order valence-electron chi connectivity index (χ1n) is 5.97. The molecule has 0 fully saturated rings. The molecule has 0 heterocycles. The molecule has 0 radical (unpaired) electrons. The number of nitrogens with one attached hydrogen (secondary N) is 1. The van der Waals surface area contributed by atoms with Crippen LogP contribution in [0.15, 0.2) is 45.8 Å². The minimum absolute atomic E-state index is 0.0147. The number of sulfonamides is 1. The molecule has 9 heteroatoms. The van der Waals surface area contributed by atoms with Gasteiger partial charge >= 0.3 is 0 Å². The maximum absolute atomic E-state index is 12.3. The zero-order valence-electron chi connectivity index (χ0n) is 11.3. The normalized spacial score (nSPS) is 11.2. The first kappa shape index (κ1) is 16.2. The molecule has 2 aromatic rings. The molecule has 0 aromatic heterocycles. The second-order valence-corrected chi connectivity index (χ2v) is 7.01. The summed E-state index contributed by atoms with van der Waals surface area (Å²) in [4.78, 5) is 10.0. The van der Waals surface area contributed by atoms with Crippen molar-refractivity contribution in [3.05, 3.63) is 56.5 Å². The molecule has 0 saturated carbocycles. The van der Waals surface area contributed by atoms with E-state index in [2.05, 4.69) is 20.7 Å². The summed E-state index contributed by atoms with van der Waals surface area (Å²) in [6.07, 6.45) is 0. The minimum atomic E-state index is -3.97. The Hall–Kier alpha value is -2.13. The van der Waals surface area contributed by atoms with Crippen LogP contribution in [0.3, 0.4) is 0 Å². The van der Waals surface area contributed by atoms with Gasteiger partial charge in [0.25, 0.3) is 15.7 Å². The summed E-state index contributed by atoms with van der Waals surface area (Å²) >= 11 is 3.27. The molecule has 0 aliphatic heterocycles. The molecule has 22 heavy (non-hydrogen) atoms. The van der Waals surface area contributed by atoms with Gasteiger partial charge in [-0.15, -0.1) is 0 Å². The molecular weight excluding hydrogens is 376 g/mol. The third-order valence-electron chi connectivity index (χ3n) is 2.87. The van der Waals surface area contributed by atoms with Gasteiger partial charge in [0.05, 0.1) is 15.5 Å². The van der Waals surface area contributed by atoms with Crippen LogP contribution in [-0.2, 0) is 10.0 Å². The summed E-state index contributed by atoms with van der Waals surface area (Å²) in [6.45, 7) is 1.73. The third kappa shape index (κ3) is 3.37. The number of phenols is 1. The average Bonchev–Trinajstić information content (AvgIpc) is 2.43. The van der Waals surface area contributed by atoms with Crippen molar-refractivity contribution in [1.29, 1.82) is 0 Å². The van der Waals surface area contributed by atoms with Gasteiger partial charge in [0.1, 0.15) is 5.75 Å². The third-order valence-corrected chi connectivity index (χ3v) is 5.13. The van der Waals surface area contributed by atoms with Crippen LogP contribution in [0.4, 0.5) is 11.4 Å². The van der Waals surface area contributed by atoms with Crippen LogP contribution in [0.1, 0.15) is 5.56 Å². The van der Waals surface area contributed by atoms with Gasteiger partial charge in [-0.25, -0.2) is 8.42 Å². The number of nitrogens with zero attached hydrogens (tertiary/aromatic N) is 1. The SMILES string of the molecule is Cc1cc(S(=O)(=O)Nc2cc([N+](=O)[O-])ccc2O)ccc1Br. The summed E-state index contributed by atoms with van der Waals surface area (Å²) in [5.41, 5.74) is 0.128. The lowest BCUT2D eigenvalue weighted by molar-refractivity contribution is -0.384. The minimum Gasteiger partial charge on any atom is -0.506 e. The first-order valence-corrected chi connectivity index (χ1v) is 8.25. The van der Waals surface area contributed by atoms with Gasteiger partial charge in [-0.3, -0.25) is 14.8 Å². The summed E-state index contributed by atoms with van der Waals surface area (Å²) < 4.78 is 27.5. The smallest absolute Gasteiger partial charge is 0.271 e. The zero-order chi connectivity index (χ0) is 16.5. The molecule has 2 aromatic carbocycles. The van der Waals surface area contributed by atoms with E-state index in [0.29, 0.717) is 5.56 Å². The Morgan fingerprint density at radius 1 is 1.23 bits per heavy atom. The van der Waals surface area contributed by atoms with Crippen LogP contribution in [0, 0.1) is 17.0 Å². The molecule has 116 valence electrons. The summed E-state index contributed by atoms with van der Waals surface area (Å²) in [5, 5.41) is 20.4. The maximum Gasteiger partial charge on any atom is 0.271 e. The highest BCUT2D eigenvalue weighted by molar-refractivity contribution is 9.10. The highest BCUT2D eigenvalue weighted by Crippen LogP contribution is 2.30. The van der Waals surface area contributed by atoms with Crippen molar-refractivity contribution in [2.45, 2.75) is 11.8 Å². The van der Waals surface area contributed by atoms with E-state index < -0.39 is 20.7 Å². The van der Waals surface area contributed by atoms with E-state index in [1.165, 1.54) is 12.1 Å². The van der Waals surface area contributed by atoms with E-state index in [4.69, 9.17) is 0 Å². The quantitative estimate of drug-likeness (QED) is 0.476. The van der Waals surface area contributed by atoms with Crippen molar-refractivity contribution in [2.75, 3.05) is 4.72 Å². The van der Waals surface area contributed by atoms with Crippen LogP contribution in [0.2, 0.25) is 0 Å². The molecule has 2 rings (SSSR count). The molecule has 0 amide bonds. The highest BCUT2D eigenvalue weighted by Gasteiger charge is 2.19. The van der Waals surface area contributed by atoms with Crippen molar-refractivity contribution >= 4 is 37.3 Å². The Morgan fingerprint density at radius 3 is 2.50 bits per heavy atom. The van der Waals surface area contributed by atoms with E-state index in [-0.39, 0.29) is 16.3 Å². The number of rotatable bonds is 4. The Kier molecular flexibility index (Phi) is 4.38. The largest absolute Gasteiger partial charge is 0.506 e. The fraction of sp³-hybridized carbons (Fsp3) is 0.0769. The van der Waals surface area contributed by atoms with Crippen LogP contribution in [0.25, 0.3) is 0 Å². The molecule has 7 nitrogen and oxygen atoms in total. The van der Waals surface area contributed by atoms with Crippen LogP contribution >= 0.6 is 15.9 Å². The van der Waals surface area contributed by atoms with Gasteiger partial charge in [-0.2, -0.15) is 0 Å². The standard InChI is InChI=1S/C13H11BrN2O5S/c1-8-6-10(3-4-11(8)14)22(20,21)15-12-7-9(16(18)19)2-5-13(12)17/h2-7,15,17H,1H3. The summed E-state index contributed by atoms with van der Waals surface area (Å²) in [7, 11) is -3.97. The monoisotopic (exact) mass is 386 g/mol. The van der Waals surface area contributed by atoms with Gasteiger partial charge in [0, 0.05) is 16.6 Å². The summed E-state index contributed by atoms with van der Waals surface area (Å²) in [5.74, 6) is -0.400. The Labute approximate surface area is 134 Å². The molecule has 0 bridgehead atoms. The number of aromatic hydroxyl groups is 1. The molecule has 0 atom stereocenters. The molecule has 0 spiro atoms. The second kappa shape index (κ2) is 5.93. The molecule has 0 aliphatic carbocycles. The number of hydrogen-bond acceptors (Lipinski definition) is 5. The molecule has 0 saturated heterocycles. The molecule has 2 N–H and O–H groups in total. The van der Waals surface area contributed by atoms with Crippen molar-refractivity contribution in [1.82, 2.24) is 0 Å². The maximum atomic E-state index is 12.3. The van der Waals surface area contributed by atoms with Crippen molar-refractivity contribution in [3.63, 3.8) is 0 Å². The van der Waals surface area contributed by atoms with Gasteiger partial charge in [0.2, 0.25) is 0 Å². The Morgan fingerprint density at radius 2 is 1.91 bits per heavy atom. The van der Waals surface area contributed by atoms with E-state index in [9.17, 15) is 23.6 Å². The fourth-order valence-electron chi connectivity index (χ4n) is 1.71. The van der Waals surface area contributed by atoms with Crippen molar-refractivity contribution in [3.8, 4) is 5.75 Å². The Balaban J connectivity index is 2.42. The Bertz CT molecular complexity index is 852. The molecule has 0 unspecified atom stereocenters. The second-order valence-electron chi connectivity index (χ2n) is 4.48. The van der Waals surface area contributed by atoms with Gasteiger partial charge < -0.3 is 5.11 Å². The number of hydrogen-bond donors (Lipinski definition) is 2. The number of nitro benzene ring substituents is 1. The van der Waals surface area contributed by atoms with Crippen LogP contribution in [0.5, 0.6) is 5.75 Å². The predicted molar refractivity (Wildman–Crippen MR) is 84.4 cm³/mol. The average molecular weight is 387 g/mol. The molecule has 0 aliphatic rings. The van der Waals surface area contributed by atoms with Gasteiger partial charge in [0.15, 0.2) is 0 Å². The van der Waals surface area contributed by atoms with Crippen molar-refractivity contribution < 1.29 is 18.4 Å². The lowest BCUT2D eigenvalue weighted by Gasteiger charge is -2.10. The van der Waals surface area contributed by atoms with E-state index in [0.717, 1.165) is 22.7 Å². The lowest BCUT2D eigenvalue weighted by Crippen LogP contribution is -2.13. The number of halogens is 1. The summed E-state index contributed by atoms with van der Waals surface area (Å²) in [6, 6.07) is 7.50. The number of anilines is 1. The van der Waals surface area contributed by atoms with Crippen LogP contribution < -0.4 is 4.72 Å². The van der Waals surface area contributed by atoms with E-state index in [1.807, 2.05) is 0 Å². The van der Waals surface area contributed by atoms with E-state index >= 15 is 0 Å². The zero-order valence-corrected chi connectivity index (χ0v) is 13.7.